The van der Waals surface area contributed by atoms with Crippen LogP contribution in [-0.4, -0.2) is 37.5 Å². The third-order valence-corrected chi connectivity index (χ3v) is 3.52. The summed E-state index contributed by atoms with van der Waals surface area (Å²) >= 11 is 0. The Hall–Kier alpha value is -0.810. The topological polar surface area (TPSA) is 53.5 Å². The van der Waals surface area contributed by atoms with E-state index in [-0.39, 0.29) is 18.5 Å². The van der Waals surface area contributed by atoms with E-state index < -0.39 is 0 Å². The van der Waals surface area contributed by atoms with Crippen LogP contribution in [0.2, 0.25) is 0 Å². The summed E-state index contributed by atoms with van der Waals surface area (Å²) < 4.78 is 5.73. The molecule has 5 heteroatoms. The van der Waals surface area contributed by atoms with E-state index >= 15 is 0 Å². The number of rotatable bonds is 7. The van der Waals surface area contributed by atoms with Crippen molar-refractivity contribution < 1.29 is 9.84 Å². The van der Waals surface area contributed by atoms with Crippen LogP contribution in [0.1, 0.15) is 19.4 Å². The number of hydrogen-bond acceptors (Lipinski definition) is 4. The molecule has 1 aromatic rings. The summed E-state index contributed by atoms with van der Waals surface area (Å²) in [6.45, 7) is 8.29. The zero-order valence-electron chi connectivity index (χ0n) is 12.8. The largest absolute Gasteiger partial charge is 0.493 e. The molecular formula is C16H27ClN2O2. The van der Waals surface area contributed by atoms with Gasteiger partial charge in [-0.3, -0.25) is 0 Å². The van der Waals surface area contributed by atoms with Crippen molar-refractivity contribution in [3.63, 3.8) is 0 Å². The summed E-state index contributed by atoms with van der Waals surface area (Å²) in [5, 5.41) is 16.3. The summed E-state index contributed by atoms with van der Waals surface area (Å²) in [6, 6.07) is 8.20. The molecule has 1 aliphatic rings. The highest BCUT2D eigenvalue weighted by Gasteiger charge is 2.23. The first kappa shape index (κ1) is 18.2. The van der Waals surface area contributed by atoms with Crippen LogP contribution >= 0.6 is 12.4 Å². The highest BCUT2D eigenvalue weighted by Crippen LogP contribution is 2.14. The Kier molecular flexibility index (Phi) is 8.04. The van der Waals surface area contributed by atoms with Crippen molar-refractivity contribution in [2.24, 2.45) is 11.8 Å². The van der Waals surface area contributed by atoms with Crippen LogP contribution in [0.15, 0.2) is 24.3 Å². The minimum atomic E-state index is -0.219. The second-order valence-electron chi connectivity index (χ2n) is 5.97. The lowest BCUT2D eigenvalue weighted by Crippen LogP contribution is -2.30. The Morgan fingerprint density at radius 1 is 1.38 bits per heavy atom. The zero-order valence-corrected chi connectivity index (χ0v) is 13.7. The minimum Gasteiger partial charge on any atom is -0.493 e. The molecule has 1 aliphatic heterocycles. The summed E-state index contributed by atoms with van der Waals surface area (Å²) in [6.07, 6.45) is -0.219. The van der Waals surface area contributed by atoms with Crippen molar-refractivity contribution in [2.45, 2.75) is 26.5 Å². The average molecular weight is 315 g/mol. The molecule has 1 fully saturated rings. The molecule has 4 nitrogen and oxygen atoms in total. The highest BCUT2D eigenvalue weighted by molar-refractivity contribution is 5.85. The molecule has 2 atom stereocenters. The minimum absolute atomic E-state index is 0. The number of β-amino-alcohol motifs (C(OH)–C–C–N with tert-alkyl or cyclic N) is 1. The van der Waals surface area contributed by atoms with E-state index in [1.165, 1.54) is 5.56 Å². The maximum atomic E-state index is 9.73. The number of nitrogens with one attached hydrogen (secondary N) is 2. The van der Waals surface area contributed by atoms with Gasteiger partial charge in [0.05, 0.1) is 12.7 Å². The second kappa shape index (κ2) is 9.26. The van der Waals surface area contributed by atoms with Crippen LogP contribution in [0.25, 0.3) is 0 Å². The molecule has 0 saturated carbocycles. The first-order valence-corrected chi connectivity index (χ1v) is 7.46. The SMILES string of the molecule is CC(C)COc1cccc(CNCC2CNCC2O)c1.Cl. The van der Waals surface area contributed by atoms with Crippen molar-refractivity contribution in [3.8, 4) is 5.75 Å². The average Bonchev–Trinajstić information content (AvgIpc) is 2.83. The maximum absolute atomic E-state index is 9.73. The maximum Gasteiger partial charge on any atom is 0.119 e. The van der Waals surface area contributed by atoms with Gasteiger partial charge < -0.3 is 20.5 Å². The normalized spacial score (nSPS) is 21.3. The molecule has 1 heterocycles. The number of ether oxygens (including phenoxy) is 1. The lowest BCUT2D eigenvalue weighted by Gasteiger charge is -2.14. The molecule has 0 radical (unpaired) electrons. The first-order chi connectivity index (χ1) is 9.65. The Balaban J connectivity index is 0.00000220. The Bertz CT molecular complexity index is 415. The van der Waals surface area contributed by atoms with Gasteiger partial charge in [0, 0.05) is 32.1 Å². The van der Waals surface area contributed by atoms with Gasteiger partial charge in [-0.1, -0.05) is 26.0 Å². The molecule has 0 aromatic heterocycles. The zero-order chi connectivity index (χ0) is 14.4. The van der Waals surface area contributed by atoms with Gasteiger partial charge in [0.2, 0.25) is 0 Å². The highest BCUT2D eigenvalue weighted by atomic mass is 35.5. The predicted octanol–water partition coefficient (Wildman–Crippen LogP) is 1.81. The van der Waals surface area contributed by atoms with E-state index in [9.17, 15) is 5.11 Å². The molecule has 2 rings (SSSR count). The van der Waals surface area contributed by atoms with Crippen molar-refractivity contribution in [1.29, 1.82) is 0 Å². The lowest BCUT2D eigenvalue weighted by molar-refractivity contribution is 0.146. The van der Waals surface area contributed by atoms with Gasteiger partial charge in [0.1, 0.15) is 5.75 Å². The molecule has 2 unspecified atom stereocenters. The fraction of sp³-hybridized carbons (Fsp3) is 0.625. The lowest BCUT2D eigenvalue weighted by atomic mass is 10.1. The van der Waals surface area contributed by atoms with Crippen LogP contribution in [0.3, 0.4) is 0 Å². The van der Waals surface area contributed by atoms with Gasteiger partial charge in [-0.25, -0.2) is 0 Å². The van der Waals surface area contributed by atoms with E-state index in [0.717, 1.165) is 32.0 Å². The fourth-order valence-corrected chi connectivity index (χ4v) is 2.34. The van der Waals surface area contributed by atoms with Crippen molar-refractivity contribution in [3.05, 3.63) is 29.8 Å². The monoisotopic (exact) mass is 314 g/mol. The quantitative estimate of drug-likeness (QED) is 0.718. The van der Waals surface area contributed by atoms with Gasteiger partial charge in [-0.15, -0.1) is 12.4 Å². The van der Waals surface area contributed by atoms with E-state index in [1.54, 1.807) is 0 Å². The molecule has 21 heavy (non-hydrogen) atoms. The van der Waals surface area contributed by atoms with Crippen LogP contribution in [0.4, 0.5) is 0 Å². The van der Waals surface area contributed by atoms with Crippen molar-refractivity contribution in [2.75, 3.05) is 26.2 Å². The number of aliphatic hydroxyl groups is 1. The Morgan fingerprint density at radius 2 is 2.19 bits per heavy atom. The molecule has 0 bridgehead atoms. The standard InChI is InChI=1S/C16H26N2O2.ClH/c1-12(2)11-20-15-5-3-4-13(6-15)7-17-8-14-9-18-10-16(14)19;/h3-6,12,14,16-19H,7-11H2,1-2H3;1H. The van der Waals surface area contributed by atoms with E-state index in [0.29, 0.717) is 18.4 Å². The molecule has 120 valence electrons. The predicted molar refractivity (Wildman–Crippen MR) is 88.1 cm³/mol. The van der Waals surface area contributed by atoms with Crippen LogP contribution < -0.4 is 15.4 Å². The van der Waals surface area contributed by atoms with E-state index in [2.05, 4.69) is 36.6 Å². The molecule has 0 spiro atoms. The van der Waals surface area contributed by atoms with Crippen LogP contribution in [0.5, 0.6) is 5.75 Å². The number of aliphatic hydroxyl groups excluding tert-OH is 1. The molecule has 0 amide bonds. The second-order valence-corrected chi connectivity index (χ2v) is 5.97. The van der Waals surface area contributed by atoms with Crippen LogP contribution in [-0.2, 0) is 6.54 Å². The van der Waals surface area contributed by atoms with Crippen molar-refractivity contribution in [1.82, 2.24) is 10.6 Å². The Morgan fingerprint density at radius 3 is 2.86 bits per heavy atom. The first-order valence-electron chi connectivity index (χ1n) is 7.46. The number of halogens is 1. The number of hydrogen-bond donors (Lipinski definition) is 3. The van der Waals surface area contributed by atoms with Gasteiger partial charge in [0.25, 0.3) is 0 Å². The van der Waals surface area contributed by atoms with E-state index in [4.69, 9.17) is 4.74 Å². The smallest absolute Gasteiger partial charge is 0.119 e. The summed E-state index contributed by atoms with van der Waals surface area (Å²) in [7, 11) is 0. The van der Waals surface area contributed by atoms with Gasteiger partial charge in [-0.2, -0.15) is 0 Å². The number of benzene rings is 1. The molecule has 1 saturated heterocycles. The third kappa shape index (κ3) is 6.22. The Labute approximate surface area is 133 Å². The van der Waals surface area contributed by atoms with Crippen LogP contribution in [0, 0.1) is 11.8 Å². The summed E-state index contributed by atoms with van der Waals surface area (Å²) in [4.78, 5) is 0. The summed E-state index contributed by atoms with van der Waals surface area (Å²) in [5.41, 5.74) is 1.21. The van der Waals surface area contributed by atoms with Crippen molar-refractivity contribution >= 4 is 12.4 Å². The molecule has 1 aromatic carbocycles. The van der Waals surface area contributed by atoms with Gasteiger partial charge in [0.15, 0.2) is 0 Å². The molecule has 0 aliphatic carbocycles. The fourth-order valence-electron chi connectivity index (χ4n) is 2.34. The van der Waals surface area contributed by atoms with Gasteiger partial charge in [-0.05, 0) is 23.6 Å². The third-order valence-electron chi connectivity index (χ3n) is 3.52. The van der Waals surface area contributed by atoms with Gasteiger partial charge >= 0.3 is 0 Å². The van der Waals surface area contributed by atoms with E-state index in [1.807, 2.05) is 12.1 Å². The summed E-state index contributed by atoms with van der Waals surface area (Å²) in [5.74, 6) is 1.78. The molecule has 3 N–H and O–H groups in total. The molecular weight excluding hydrogens is 288 g/mol.